The summed E-state index contributed by atoms with van der Waals surface area (Å²) >= 11 is 0. The molecule has 0 radical (unpaired) electrons. The minimum atomic E-state index is -1.85. The van der Waals surface area contributed by atoms with Crippen LogP contribution in [0.25, 0.3) is 0 Å². The molecule has 0 spiro atoms. The molecule has 0 aliphatic rings. The van der Waals surface area contributed by atoms with Crippen LogP contribution in [0.4, 0.5) is 0 Å². The molecule has 0 bridgehead atoms. The van der Waals surface area contributed by atoms with Crippen LogP contribution in [-0.4, -0.2) is 26.7 Å². The number of carbonyl (C=O) groups excluding carboxylic acids is 1. The summed E-state index contributed by atoms with van der Waals surface area (Å²) in [4.78, 5) is 15.3. The van der Waals surface area contributed by atoms with Gasteiger partial charge in [0.05, 0.1) is 19.4 Å². The minimum absolute atomic E-state index is 0.132. The van der Waals surface area contributed by atoms with Crippen molar-refractivity contribution in [2.45, 2.75) is 45.5 Å². The molecule has 0 aliphatic heterocycles. The lowest BCUT2D eigenvalue weighted by molar-refractivity contribution is 0.112. The molecule has 1 rings (SSSR count). The van der Waals surface area contributed by atoms with Gasteiger partial charge in [0.25, 0.3) is 0 Å². The number of aldehydes is 1. The first kappa shape index (κ1) is 15.9. The molecular formula is C14H23NO3Si. The summed E-state index contributed by atoms with van der Waals surface area (Å²) in [5.41, 5.74) is 1.19. The molecule has 19 heavy (non-hydrogen) atoms. The fraction of sp³-hybridized carbons (Fsp3) is 0.571. The quantitative estimate of drug-likeness (QED) is 0.613. The van der Waals surface area contributed by atoms with Crippen molar-refractivity contribution in [3.63, 3.8) is 0 Å². The zero-order valence-corrected chi connectivity index (χ0v) is 13.6. The Morgan fingerprint density at radius 1 is 1.32 bits per heavy atom. The maximum absolute atomic E-state index is 11.0. The Hall–Kier alpha value is -1.20. The highest BCUT2D eigenvalue weighted by atomic mass is 28.4. The third-order valence-corrected chi connectivity index (χ3v) is 8.17. The molecular weight excluding hydrogens is 258 g/mol. The van der Waals surface area contributed by atoms with Crippen molar-refractivity contribution < 1.29 is 14.0 Å². The molecule has 0 saturated carbocycles. The van der Waals surface area contributed by atoms with Crippen LogP contribution >= 0.6 is 0 Å². The molecule has 5 heteroatoms. The highest BCUT2D eigenvalue weighted by molar-refractivity contribution is 6.74. The molecule has 1 aromatic heterocycles. The number of rotatable bonds is 5. The van der Waals surface area contributed by atoms with E-state index in [1.807, 2.05) is 0 Å². The molecule has 0 atom stereocenters. The highest BCUT2D eigenvalue weighted by Crippen LogP contribution is 2.37. The standard InChI is InChI=1S/C14H23NO3Si/c1-14(2,3)19(5,6)18-10-12-11(9-16)7-8-13(15-12)17-4/h7-9H,10H2,1-6H3. The van der Waals surface area contributed by atoms with Crippen LogP contribution in [0.1, 0.15) is 36.8 Å². The molecule has 106 valence electrons. The highest BCUT2D eigenvalue weighted by Gasteiger charge is 2.37. The van der Waals surface area contributed by atoms with Crippen LogP contribution in [0, 0.1) is 0 Å². The van der Waals surface area contributed by atoms with E-state index in [2.05, 4.69) is 38.8 Å². The third-order valence-electron chi connectivity index (χ3n) is 3.70. The summed E-state index contributed by atoms with van der Waals surface area (Å²) < 4.78 is 11.2. The lowest BCUT2D eigenvalue weighted by Gasteiger charge is -2.36. The molecule has 0 fully saturated rings. The SMILES string of the molecule is COc1ccc(C=O)c(CO[Si](C)(C)C(C)(C)C)n1. The minimum Gasteiger partial charge on any atom is -0.481 e. The maximum Gasteiger partial charge on any atom is 0.213 e. The number of ether oxygens (including phenoxy) is 1. The van der Waals surface area contributed by atoms with E-state index >= 15 is 0 Å². The van der Waals surface area contributed by atoms with Gasteiger partial charge in [-0.2, -0.15) is 0 Å². The van der Waals surface area contributed by atoms with Crippen molar-refractivity contribution >= 4 is 14.6 Å². The van der Waals surface area contributed by atoms with Crippen LogP contribution in [0.2, 0.25) is 18.1 Å². The van der Waals surface area contributed by atoms with Gasteiger partial charge >= 0.3 is 0 Å². The molecule has 1 heterocycles. The largest absolute Gasteiger partial charge is 0.481 e. The molecule has 0 aromatic carbocycles. The number of aromatic nitrogens is 1. The van der Waals surface area contributed by atoms with E-state index in [1.54, 1.807) is 19.2 Å². The molecule has 4 nitrogen and oxygen atoms in total. The fourth-order valence-electron chi connectivity index (χ4n) is 1.29. The predicted molar refractivity (Wildman–Crippen MR) is 78.2 cm³/mol. The van der Waals surface area contributed by atoms with Gasteiger partial charge in [0.15, 0.2) is 14.6 Å². The zero-order chi connectivity index (χ0) is 14.7. The Bertz CT molecular complexity index is 452. The van der Waals surface area contributed by atoms with Crippen molar-refractivity contribution in [2.24, 2.45) is 0 Å². The average molecular weight is 281 g/mol. The molecule has 0 saturated heterocycles. The van der Waals surface area contributed by atoms with Gasteiger partial charge in [-0.1, -0.05) is 20.8 Å². The van der Waals surface area contributed by atoms with Crippen LogP contribution in [0.3, 0.4) is 0 Å². The van der Waals surface area contributed by atoms with E-state index < -0.39 is 8.32 Å². The van der Waals surface area contributed by atoms with E-state index in [0.717, 1.165) is 6.29 Å². The zero-order valence-electron chi connectivity index (χ0n) is 12.6. The van der Waals surface area contributed by atoms with Crippen molar-refractivity contribution in [1.29, 1.82) is 0 Å². The Labute approximate surface area is 116 Å². The Balaban J connectivity index is 2.90. The second kappa shape index (κ2) is 5.84. The summed E-state index contributed by atoms with van der Waals surface area (Å²) in [7, 11) is -0.291. The summed E-state index contributed by atoms with van der Waals surface area (Å²) in [6.07, 6.45) is 0.802. The van der Waals surface area contributed by atoms with Crippen molar-refractivity contribution in [3.8, 4) is 5.88 Å². The van der Waals surface area contributed by atoms with Crippen LogP contribution in [0.5, 0.6) is 5.88 Å². The number of nitrogens with zero attached hydrogens (tertiary/aromatic N) is 1. The average Bonchev–Trinajstić information content (AvgIpc) is 2.34. The van der Waals surface area contributed by atoms with Crippen LogP contribution in [0.15, 0.2) is 12.1 Å². The monoisotopic (exact) mass is 281 g/mol. The van der Waals surface area contributed by atoms with E-state index in [1.165, 1.54) is 0 Å². The predicted octanol–water partition coefficient (Wildman–Crippen LogP) is 3.42. The molecule has 0 amide bonds. The number of hydrogen-bond donors (Lipinski definition) is 0. The first-order valence-corrected chi connectivity index (χ1v) is 9.25. The summed E-state index contributed by atoms with van der Waals surface area (Å²) in [6, 6.07) is 3.39. The maximum atomic E-state index is 11.0. The number of methoxy groups -OCH3 is 1. The summed E-state index contributed by atoms with van der Waals surface area (Å²) in [5, 5.41) is 0.132. The fourth-order valence-corrected chi connectivity index (χ4v) is 2.22. The van der Waals surface area contributed by atoms with Gasteiger partial charge in [0.2, 0.25) is 5.88 Å². The molecule has 0 aliphatic carbocycles. The van der Waals surface area contributed by atoms with Gasteiger partial charge in [-0.25, -0.2) is 4.98 Å². The molecule has 0 unspecified atom stereocenters. The number of pyridine rings is 1. The van der Waals surface area contributed by atoms with Crippen molar-refractivity contribution in [3.05, 3.63) is 23.4 Å². The van der Waals surface area contributed by atoms with Crippen molar-refractivity contribution in [2.75, 3.05) is 7.11 Å². The summed E-state index contributed by atoms with van der Waals surface area (Å²) in [6.45, 7) is 11.2. The van der Waals surface area contributed by atoms with E-state index in [9.17, 15) is 4.79 Å². The first-order valence-electron chi connectivity index (χ1n) is 6.34. The topological polar surface area (TPSA) is 48.4 Å². The number of hydrogen-bond acceptors (Lipinski definition) is 4. The van der Waals surface area contributed by atoms with Gasteiger partial charge in [-0.05, 0) is 24.2 Å². The van der Waals surface area contributed by atoms with Gasteiger partial charge < -0.3 is 9.16 Å². The normalized spacial score (nSPS) is 12.3. The Kier molecular flexibility index (Phi) is 4.87. The molecule has 0 N–H and O–H groups in total. The second-order valence-electron chi connectivity index (χ2n) is 6.06. The van der Waals surface area contributed by atoms with Crippen LogP contribution in [-0.2, 0) is 11.0 Å². The molecule has 1 aromatic rings. The lowest BCUT2D eigenvalue weighted by atomic mass is 10.2. The Morgan fingerprint density at radius 3 is 2.42 bits per heavy atom. The van der Waals surface area contributed by atoms with Crippen LogP contribution < -0.4 is 4.74 Å². The second-order valence-corrected chi connectivity index (χ2v) is 10.9. The number of carbonyl (C=O) groups is 1. The van der Waals surface area contributed by atoms with Gasteiger partial charge in [-0.15, -0.1) is 0 Å². The summed E-state index contributed by atoms with van der Waals surface area (Å²) in [5.74, 6) is 0.499. The van der Waals surface area contributed by atoms with Gasteiger partial charge in [0.1, 0.15) is 0 Å². The smallest absolute Gasteiger partial charge is 0.213 e. The lowest BCUT2D eigenvalue weighted by Crippen LogP contribution is -2.40. The first-order chi connectivity index (χ1) is 8.71. The third kappa shape index (κ3) is 3.88. The van der Waals surface area contributed by atoms with E-state index in [-0.39, 0.29) is 5.04 Å². The van der Waals surface area contributed by atoms with Crippen molar-refractivity contribution in [1.82, 2.24) is 4.98 Å². The Morgan fingerprint density at radius 2 is 1.95 bits per heavy atom. The van der Waals surface area contributed by atoms with Gasteiger partial charge in [0, 0.05) is 11.6 Å². The van der Waals surface area contributed by atoms with Gasteiger partial charge in [-0.3, -0.25) is 4.79 Å². The van der Waals surface area contributed by atoms with E-state index in [0.29, 0.717) is 23.7 Å². The van der Waals surface area contributed by atoms with E-state index in [4.69, 9.17) is 9.16 Å².